The van der Waals surface area contributed by atoms with Gasteiger partial charge in [0.05, 0.1) is 16.7 Å². The fourth-order valence-electron chi connectivity index (χ4n) is 3.22. The maximum atomic E-state index is 13.4. The second kappa shape index (κ2) is 6.87. The van der Waals surface area contributed by atoms with E-state index in [4.69, 9.17) is 5.73 Å². The molecule has 0 saturated carbocycles. The summed E-state index contributed by atoms with van der Waals surface area (Å²) in [4.78, 5) is 27.6. The first-order valence-corrected chi connectivity index (χ1v) is 8.57. The molecule has 0 aliphatic rings. The number of nitrogens with one attached hydrogen (secondary N) is 2. The Hall–Kier alpha value is -3.89. The van der Waals surface area contributed by atoms with E-state index in [1.165, 1.54) is 30.5 Å². The minimum atomic E-state index is -4.70. The molecule has 2 aromatic heterocycles. The number of aromatic nitrogens is 3. The third-order valence-corrected chi connectivity index (χ3v) is 4.55. The maximum Gasteiger partial charge on any atom is 0.406 e. The van der Waals surface area contributed by atoms with Gasteiger partial charge in [-0.05, 0) is 36.4 Å². The number of carbonyl (C=O) groups is 2. The number of aromatic amines is 2. The second-order valence-electron chi connectivity index (χ2n) is 6.57. The van der Waals surface area contributed by atoms with Gasteiger partial charge >= 0.3 is 6.18 Å². The highest BCUT2D eigenvalue weighted by atomic mass is 19.4. The van der Waals surface area contributed by atoms with Crippen LogP contribution in [0.1, 0.15) is 20.8 Å². The molecule has 0 aliphatic heterocycles. The van der Waals surface area contributed by atoms with Crippen LogP contribution in [0.25, 0.3) is 21.8 Å². The fraction of sp³-hybridized carbons (Fsp3) is 0.105. The molecule has 0 atom stereocenters. The Labute approximate surface area is 165 Å². The van der Waals surface area contributed by atoms with Gasteiger partial charge in [0, 0.05) is 22.5 Å². The number of halogens is 4. The van der Waals surface area contributed by atoms with Gasteiger partial charge in [-0.2, -0.15) is 18.3 Å². The Balaban J connectivity index is 1.82. The molecule has 0 saturated heterocycles. The zero-order valence-electron chi connectivity index (χ0n) is 15.0. The van der Waals surface area contributed by atoms with E-state index in [1.807, 2.05) is 0 Å². The number of nitrogens with zero attached hydrogens (tertiary/aromatic N) is 2. The lowest BCUT2D eigenvalue weighted by Gasteiger charge is -2.22. The van der Waals surface area contributed by atoms with Crippen molar-refractivity contribution in [2.45, 2.75) is 6.18 Å². The van der Waals surface area contributed by atoms with Gasteiger partial charge in [0.1, 0.15) is 12.4 Å². The molecule has 0 fully saturated rings. The zero-order chi connectivity index (χ0) is 21.6. The number of fused-ring (bicyclic) bond motifs is 2. The van der Waals surface area contributed by atoms with Crippen molar-refractivity contribution in [2.75, 3.05) is 11.4 Å². The molecule has 4 N–H and O–H groups in total. The number of carbonyl (C=O) groups excluding carboxylic acids is 2. The van der Waals surface area contributed by atoms with Crippen LogP contribution in [0, 0.1) is 5.82 Å². The standard InChI is InChI=1S/C19H13F4N5O2/c20-10-2-4-11-13(6-10)25-7-15(11)28(8-19(21,22)23)18(30)16-12-3-1-9(17(24)29)5-14(12)26-27-16/h1-7,25H,8H2,(H2,24,29)(H,26,27). The van der Waals surface area contributed by atoms with Crippen LogP contribution in [0.2, 0.25) is 0 Å². The number of hydrogen-bond acceptors (Lipinski definition) is 3. The van der Waals surface area contributed by atoms with Crippen LogP contribution < -0.4 is 10.6 Å². The summed E-state index contributed by atoms with van der Waals surface area (Å²) < 4.78 is 53.3. The molecule has 2 aromatic carbocycles. The van der Waals surface area contributed by atoms with E-state index in [2.05, 4.69) is 15.2 Å². The van der Waals surface area contributed by atoms with E-state index in [1.54, 1.807) is 0 Å². The van der Waals surface area contributed by atoms with E-state index in [0.29, 0.717) is 4.90 Å². The highest BCUT2D eigenvalue weighted by Crippen LogP contribution is 2.32. The second-order valence-corrected chi connectivity index (χ2v) is 6.57. The third-order valence-electron chi connectivity index (χ3n) is 4.55. The van der Waals surface area contributed by atoms with Gasteiger partial charge in [-0.3, -0.25) is 19.6 Å². The lowest BCUT2D eigenvalue weighted by Crippen LogP contribution is -2.39. The first kappa shape index (κ1) is 19.4. The van der Waals surface area contributed by atoms with E-state index >= 15 is 0 Å². The quantitative estimate of drug-likeness (QED) is 0.441. The minimum Gasteiger partial charge on any atom is -0.366 e. The molecule has 4 aromatic rings. The van der Waals surface area contributed by atoms with Crippen LogP contribution in [-0.4, -0.2) is 39.7 Å². The molecule has 7 nitrogen and oxygen atoms in total. The molecule has 0 spiro atoms. The number of hydrogen-bond donors (Lipinski definition) is 3. The van der Waals surface area contributed by atoms with E-state index in [0.717, 1.165) is 12.1 Å². The van der Waals surface area contributed by atoms with Crippen LogP contribution in [-0.2, 0) is 0 Å². The third kappa shape index (κ3) is 3.45. The van der Waals surface area contributed by atoms with Gasteiger partial charge in [-0.15, -0.1) is 0 Å². The number of benzene rings is 2. The van der Waals surface area contributed by atoms with Crippen molar-refractivity contribution >= 4 is 39.3 Å². The Morgan fingerprint density at radius 2 is 1.80 bits per heavy atom. The number of alkyl halides is 3. The Kier molecular flexibility index (Phi) is 4.45. The Bertz CT molecular complexity index is 1290. The molecule has 2 amide bonds. The molecule has 154 valence electrons. The molecule has 0 bridgehead atoms. The Morgan fingerprint density at radius 1 is 1.07 bits per heavy atom. The molecule has 0 radical (unpaired) electrons. The summed E-state index contributed by atoms with van der Waals surface area (Å²) in [6, 6.07) is 7.57. The topological polar surface area (TPSA) is 108 Å². The van der Waals surface area contributed by atoms with Crippen molar-refractivity contribution < 1.29 is 27.2 Å². The van der Waals surface area contributed by atoms with Gasteiger partial charge < -0.3 is 10.7 Å². The summed E-state index contributed by atoms with van der Waals surface area (Å²) in [7, 11) is 0. The number of rotatable bonds is 4. The molecular weight excluding hydrogens is 406 g/mol. The van der Waals surface area contributed by atoms with Crippen molar-refractivity contribution in [2.24, 2.45) is 5.73 Å². The van der Waals surface area contributed by atoms with E-state index < -0.39 is 30.4 Å². The number of nitrogens with two attached hydrogens (primary N) is 1. The molecule has 0 unspecified atom stereocenters. The fourth-order valence-corrected chi connectivity index (χ4v) is 3.22. The summed E-state index contributed by atoms with van der Waals surface area (Å²) in [5.41, 5.74) is 5.53. The minimum absolute atomic E-state index is 0.0720. The highest BCUT2D eigenvalue weighted by Gasteiger charge is 2.36. The number of anilines is 1. The van der Waals surface area contributed by atoms with E-state index in [-0.39, 0.29) is 38.8 Å². The first-order chi connectivity index (χ1) is 14.1. The van der Waals surface area contributed by atoms with Crippen molar-refractivity contribution in [1.29, 1.82) is 0 Å². The van der Waals surface area contributed by atoms with Gasteiger partial charge in [0.25, 0.3) is 5.91 Å². The summed E-state index contributed by atoms with van der Waals surface area (Å²) in [6.45, 7) is -1.58. The maximum absolute atomic E-state index is 13.4. The summed E-state index contributed by atoms with van der Waals surface area (Å²) >= 11 is 0. The molecule has 4 rings (SSSR count). The largest absolute Gasteiger partial charge is 0.406 e. The van der Waals surface area contributed by atoms with Gasteiger partial charge in [-0.1, -0.05) is 0 Å². The molecular formula is C19H13F4N5O2. The highest BCUT2D eigenvalue weighted by molar-refractivity contribution is 6.15. The number of H-pyrrole nitrogens is 2. The summed E-state index contributed by atoms with van der Waals surface area (Å²) in [5.74, 6) is -2.30. The van der Waals surface area contributed by atoms with Gasteiger partial charge in [0.2, 0.25) is 5.91 Å². The lowest BCUT2D eigenvalue weighted by atomic mass is 10.1. The molecule has 0 aliphatic carbocycles. The Morgan fingerprint density at radius 3 is 2.50 bits per heavy atom. The van der Waals surface area contributed by atoms with Crippen molar-refractivity contribution in [3.63, 3.8) is 0 Å². The predicted octanol–water partition coefficient (Wildman–Crippen LogP) is 3.49. The number of amides is 2. The monoisotopic (exact) mass is 419 g/mol. The van der Waals surface area contributed by atoms with Crippen LogP contribution in [0.5, 0.6) is 0 Å². The summed E-state index contributed by atoms with van der Waals surface area (Å²) in [5, 5.41) is 6.84. The van der Waals surface area contributed by atoms with Gasteiger partial charge in [-0.25, -0.2) is 4.39 Å². The van der Waals surface area contributed by atoms with Gasteiger partial charge in [0.15, 0.2) is 5.69 Å². The summed E-state index contributed by atoms with van der Waals surface area (Å²) in [6.07, 6.45) is -3.50. The van der Waals surface area contributed by atoms with Crippen LogP contribution in [0.4, 0.5) is 23.2 Å². The predicted molar refractivity (Wildman–Crippen MR) is 101 cm³/mol. The van der Waals surface area contributed by atoms with Crippen LogP contribution >= 0.6 is 0 Å². The normalized spacial score (nSPS) is 11.9. The average molecular weight is 419 g/mol. The SMILES string of the molecule is NC(=O)c1ccc2c(C(=O)N(CC(F)(F)F)c3c[nH]c4cc(F)ccc34)n[nH]c2c1. The zero-order valence-corrected chi connectivity index (χ0v) is 15.0. The van der Waals surface area contributed by atoms with Crippen LogP contribution in [0.3, 0.4) is 0 Å². The molecule has 2 heterocycles. The lowest BCUT2D eigenvalue weighted by molar-refractivity contribution is -0.118. The van der Waals surface area contributed by atoms with E-state index in [9.17, 15) is 27.2 Å². The van der Waals surface area contributed by atoms with Crippen molar-refractivity contribution in [3.05, 3.63) is 59.7 Å². The first-order valence-electron chi connectivity index (χ1n) is 8.57. The van der Waals surface area contributed by atoms with Crippen molar-refractivity contribution in [3.8, 4) is 0 Å². The molecule has 11 heteroatoms. The van der Waals surface area contributed by atoms with Crippen LogP contribution in [0.15, 0.2) is 42.6 Å². The average Bonchev–Trinajstić information content (AvgIpc) is 3.27. The number of primary amides is 1. The molecule has 30 heavy (non-hydrogen) atoms. The smallest absolute Gasteiger partial charge is 0.366 e. The van der Waals surface area contributed by atoms with Crippen molar-refractivity contribution in [1.82, 2.24) is 15.2 Å².